The molecular formula is C35H41N2O9PS. The first-order valence-corrected chi connectivity index (χ1v) is 18.3. The van der Waals surface area contributed by atoms with E-state index in [1.54, 1.807) is 21.1 Å². The fraction of sp³-hybridized carbons (Fsp3) is 0.371. The third kappa shape index (κ3) is 7.66. The molecule has 0 spiro atoms. The van der Waals surface area contributed by atoms with Crippen molar-refractivity contribution in [3.05, 3.63) is 128 Å². The first-order valence-electron chi connectivity index (χ1n) is 15.7. The van der Waals surface area contributed by atoms with Crippen molar-refractivity contribution in [3.8, 4) is 11.5 Å². The highest BCUT2D eigenvalue weighted by Crippen LogP contribution is 2.53. The number of aryl methyl sites for hydroxylation is 1. The molecule has 1 aromatic heterocycles. The number of methoxy groups -OCH3 is 2. The van der Waals surface area contributed by atoms with E-state index >= 15 is 0 Å². The summed E-state index contributed by atoms with van der Waals surface area (Å²) in [6, 6.07) is 25.3. The van der Waals surface area contributed by atoms with Crippen LogP contribution in [0.1, 0.15) is 48.8 Å². The van der Waals surface area contributed by atoms with E-state index in [9.17, 15) is 9.59 Å². The van der Waals surface area contributed by atoms with E-state index < -0.39 is 42.0 Å². The smallest absolute Gasteiger partial charge is 0.330 e. The van der Waals surface area contributed by atoms with Crippen molar-refractivity contribution in [2.24, 2.45) is 0 Å². The van der Waals surface area contributed by atoms with E-state index in [1.165, 1.54) is 10.8 Å². The first kappa shape index (κ1) is 35.7. The molecular weight excluding hydrogens is 655 g/mol. The number of hydrogen-bond acceptors (Lipinski definition) is 10. The molecule has 256 valence electrons. The second-order valence-corrected chi connectivity index (χ2v) is 14.0. The van der Waals surface area contributed by atoms with E-state index in [1.807, 2.05) is 92.7 Å². The molecule has 1 N–H and O–H groups in total. The predicted octanol–water partition coefficient (Wildman–Crippen LogP) is 5.84. The Hall–Kier alpha value is -3.61. The lowest BCUT2D eigenvalue weighted by atomic mass is 9.80. The maximum absolute atomic E-state index is 12.9. The maximum atomic E-state index is 12.9. The molecule has 3 aromatic carbocycles. The van der Waals surface area contributed by atoms with Crippen LogP contribution in [0.15, 0.2) is 94.6 Å². The largest absolute Gasteiger partial charge is 0.497 e. The minimum absolute atomic E-state index is 0.0127. The van der Waals surface area contributed by atoms with Crippen molar-refractivity contribution < 1.29 is 32.5 Å². The van der Waals surface area contributed by atoms with Crippen LogP contribution in [-0.4, -0.2) is 55.8 Å². The number of nitrogens with zero attached hydrogens (tertiary/aromatic N) is 1. The molecule has 0 radical (unpaired) electrons. The van der Waals surface area contributed by atoms with Crippen LogP contribution in [0.5, 0.6) is 11.5 Å². The standard InChI is InChI=1S/C35H41N2O9PS/c1-6-43-47(48,44-7-2)46-30-21-32(37-22-24(3)33(38)36-34(37)39)45-31(30)23-42-35(25-11-9-8-10-12-25,26-13-17-28(40-4)18-14-26)27-15-19-29(41-5)20-16-27/h8-20,22,30-32H,6-7,21,23H2,1-5H3,(H,36,38,39)/t30-,31+,32+/m0/s1. The van der Waals surface area contributed by atoms with Gasteiger partial charge in [0.25, 0.3) is 5.56 Å². The SMILES string of the molecule is CCOP(=S)(OCC)O[C@H]1C[C@H](n2cc(C)c(=O)[nH]c2=O)O[C@@H]1COC(c1ccccc1)(c1ccc(OC)cc1)c1ccc(OC)cc1. The van der Waals surface area contributed by atoms with Crippen molar-refractivity contribution in [1.29, 1.82) is 0 Å². The van der Waals surface area contributed by atoms with E-state index in [-0.39, 0.29) is 13.0 Å². The van der Waals surface area contributed by atoms with Crippen molar-refractivity contribution >= 4 is 18.5 Å². The Balaban J connectivity index is 1.60. The van der Waals surface area contributed by atoms with Crippen LogP contribution >= 0.6 is 6.72 Å². The average molecular weight is 697 g/mol. The van der Waals surface area contributed by atoms with E-state index in [2.05, 4.69) is 4.98 Å². The summed E-state index contributed by atoms with van der Waals surface area (Å²) in [5.74, 6) is 1.40. The van der Waals surface area contributed by atoms with Crippen LogP contribution in [0.2, 0.25) is 0 Å². The molecule has 4 aromatic rings. The molecule has 3 atom stereocenters. The van der Waals surface area contributed by atoms with Gasteiger partial charge in [-0.1, -0.05) is 54.6 Å². The Morgan fingerprint density at radius 2 is 1.42 bits per heavy atom. The number of rotatable bonds is 15. The number of benzene rings is 3. The minimum Gasteiger partial charge on any atom is -0.497 e. The third-order valence-corrected chi connectivity index (χ3v) is 10.7. The molecule has 0 unspecified atom stereocenters. The molecule has 13 heteroatoms. The van der Waals surface area contributed by atoms with Crippen LogP contribution in [-0.2, 0) is 40.5 Å². The summed E-state index contributed by atoms with van der Waals surface area (Å²) in [7, 11) is 3.24. The fourth-order valence-corrected chi connectivity index (χ4v) is 8.14. The van der Waals surface area contributed by atoms with Crippen molar-refractivity contribution in [2.45, 2.75) is 51.2 Å². The summed E-state index contributed by atoms with van der Waals surface area (Å²) < 4.78 is 44.0. The molecule has 0 aliphatic carbocycles. The number of H-pyrrole nitrogens is 1. The van der Waals surface area contributed by atoms with Crippen LogP contribution in [0, 0.1) is 6.92 Å². The lowest BCUT2D eigenvalue weighted by Crippen LogP contribution is -2.38. The molecule has 0 bridgehead atoms. The molecule has 2 heterocycles. The second-order valence-electron chi connectivity index (χ2n) is 11.1. The van der Waals surface area contributed by atoms with Crippen LogP contribution in [0.25, 0.3) is 0 Å². The van der Waals surface area contributed by atoms with E-state index in [0.717, 1.165) is 16.7 Å². The molecule has 1 saturated heterocycles. The van der Waals surface area contributed by atoms with Gasteiger partial charge in [0.05, 0.1) is 40.1 Å². The van der Waals surface area contributed by atoms with Gasteiger partial charge >= 0.3 is 12.4 Å². The van der Waals surface area contributed by atoms with E-state index in [0.29, 0.717) is 30.3 Å². The molecule has 5 rings (SSSR count). The highest BCUT2D eigenvalue weighted by atomic mass is 32.5. The van der Waals surface area contributed by atoms with Gasteiger partial charge in [0.1, 0.15) is 29.4 Å². The highest BCUT2D eigenvalue weighted by molar-refractivity contribution is 8.07. The lowest BCUT2D eigenvalue weighted by molar-refractivity contribution is -0.0931. The summed E-state index contributed by atoms with van der Waals surface area (Å²) in [6.45, 7) is 2.67. The zero-order valence-corrected chi connectivity index (χ0v) is 29.3. The summed E-state index contributed by atoms with van der Waals surface area (Å²) >= 11 is 5.75. The van der Waals surface area contributed by atoms with Crippen LogP contribution < -0.4 is 20.7 Å². The molecule has 11 nitrogen and oxygen atoms in total. The van der Waals surface area contributed by atoms with Gasteiger partial charge in [-0.3, -0.25) is 14.3 Å². The number of ether oxygens (including phenoxy) is 4. The van der Waals surface area contributed by atoms with Gasteiger partial charge in [0.15, 0.2) is 0 Å². The molecule has 0 amide bonds. The Labute approximate surface area is 284 Å². The molecule has 48 heavy (non-hydrogen) atoms. The zero-order valence-electron chi connectivity index (χ0n) is 27.6. The lowest BCUT2D eigenvalue weighted by Gasteiger charge is -2.37. The normalized spacial score (nSPS) is 18.1. The minimum atomic E-state index is -3.19. The fourth-order valence-electron chi connectivity index (χ4n) is 5.79. The average Bonchev–Trinajstić information content (AvgIpc) is 3.49. The molecule has 0 saturated carbocycles. The Morgan fingerprint density at radius 1 is 0.875 bits per heavy atom. The number of hydrogen-bond donors (Lipinski definition) is 1. The second kappa shape index (κ2) is 15.7. The number of aromatic nitrogens is 2. The quantitative estimate of drug-likeness (QED) is 0.120. The molecule has 1 aliphatic rings. The van der Waals surface area contributed by atoms with Crippen molar-refractivity contribution in [3.63, 3.8) is 0 Å². The van der Waals surface area contributed by atoms with Crippen molar-refractivity contribution in [2.75, 3.05) is 34.0 Å². The molecule has 1 fully saturated rings. The van der Waals surface area contributed by atoms with Gasteiger partial charge in [0.2, 0.25) is 0 Å². The first-order chi connectivity index (χ1) is 23.2. The van der Waals surface area contributed by atoms with Crippen molar-refractivity contribution in [1.82, 2.24) is 9.55 Å². The molecule has 1 aliphatic heterocycles. The Morgan fingerprint density at radius 3 is 1.94 bits per heavy atom. The van der Waals surface area contributed by atoms with Gasteiger partial charge in [0, 0.05) is 18.2 Å². The summed E-state index contributed by atoms with van der Waals surface area (Å²) in [5, 5.41) is 0. The Bertz CT molecular complexity index is 1760. The Kier molecular flexibility index (Phi) is 11.7. The van der Waals surface area contributed by atoms with Gasteiger partial charge in [-0.15, -0.1) is 0 Å². The topological polar surface area (TPSA) is 119 Å². The summed E-state index contributed by atoms with van der Waals surface area (Å²) in [6.07, 6.45) is -0.487. The van der Waals surface area contributed by atoms with Crippen LogP contribution in [0.4, 0.5) is 0 Å². The predicted molar refractivity (Wildman–Crippen MR) is 185 cm³/mol. The van der Waals surface area contributed by atoms with Gasteiger partial charge in [-0.25, -0.2) is 4.79 Å². The van der Waals surface area contributed by atoms with E-state index in [4.69, 9.17) is 44.3 Å². The van der Waals surface area contributed by atoms with Gasteiger partial charge in [-0.05, 0) is 73.5 Å². The number of aromatic amines is 1. The van der Waals surface area contributed by atoms with Crippen LogP contribution in [0.3, 0.4) is 0 Å². The van der Waals surface area contributed by atoms with Gasteiger partial charge in [-0.2, -0.15) is 0 Å². The summed E-state index contributed by atoms with van der Waals surface area (Å²) in [4.78, 5) is 27.4. The zero-order chi connectivity index (χ0) is 34.3. The highest BCUT2D eigenvalue weighted by Gasteiger charge is 2.45. The number of nitrogens with one attached hydrogen (secondary N) is 1. The maximum Gasteiger partial charge on any atom is 0.330 e. The van der Waals surface area contributed by atoms with Gasteiger partial charge < -0.3 is 32.5 Å². The monoisotopic (exact) mass is 696 g/mol. The summed E-state index contributed by atoms with van der Waals surface area (Å²) in [5.41, 5.74) is 0.731. The third-order valence-electron chi connectivity index (χ3n) is 8.11.